The number of rotatable bonds is 4. The Labute approximate surface area is 155 Å². The summed E-state index contributed by atoms with van der Waals surface area (Å²) in [6, 6.07) is 1.79. The van der Waals surface area contributed by atoms with Crippen molar-refractivity contribution in [3.8, 4) is 17.4 Å². The lowest BCUT2D eigenvalue weighted by atomic mass is 9.88. The van der Waals surface area contributed by atoms with E-state index in [0.29, 0.717) is 29.0 Å². The first-order chi connectivity index (χ1) is 12.8. The summed E-state index contributed by atoms with van der Waals surface area (Å²) in [6.45, 7) is 8.32. The molecule has 0 spiro atoms. The fourth-order valence-corrected chi connectivity index (χ4v) is 2.89. The predicted octanol–water partition coefficient (Wildman–Crippen LogP) is 2.09. The molecule has 0 radical (unpaired) electrons. The fourth-order valence-electron chi connectivity index (χ4n) is 2.89. The van der Waals surface area contributed by atoms with Crippen LogP contribution in [0.25, 0.3) is 17.0 Å². The van der Waals surface area contributed by atoms with Crippen molar-refractivity contribution in [1.29, 1.82) is 0 Å². The van der Waals surface area contributed by atoms with Gasteiger partial charge in [-0.1, -0.05) is 25.9 Å². The highest BCUT2D eigenvalue weighted by Gasteiger charge is 2.28. The molecular weight excluding hydrogens is 348 g/mol. The maximum absolute atomic E-state index is 5.97. The largest absolute Gasteiger partial charge is 0.468 e. The molecule has 0 saturated heterocycles. The van der Waals surface area contributed by atoms with Crippen molar-refractivity contribution in [2.24, 2.45) is 7.05 Å². The minimum Gasteiger partial charge on any atom is -0.468 e. The summed E-state index contributed by atoms with van der Waals surface area (Å²) in [5.74, 6) is 2.24. The second kappa shape index (κ2) is 6.15. The van der Waals surface area contributed by atoms with Crippen LogP contribution in [0.2, 0.25) is 0 Å². The monoisotopic (exact) mass is 368 g/mol. The van der Waals surface area contributed by atoms with E-state index in [2.05, 4.69) is 51.3 Å². The van der Waals surface area contributed by atoms with Gasteiger partial charge in [-0.05, 0) is 12.3 Å². The Morgan fingerprint density at radius 3 is 2.67 bits per heavy atom. The van der Waals surface area contributed by atoms with Crippen LogP contribution in [0.3, 0.4) is 0 Å². The molecule has 10 nitrogen and oxygen atoms in total. The van der Waals surface area contributed by atoms with Crippen LogP contribution in [0.1, 0.15) is 37.9 Å². The van der Waals surface area contributed by atoms with Crippen molar-refractivity contribution < 1.29 is 9.26 Å². The van der Waals surface area contributed by atoms with Gasteiger partial charge in [-0.2, -0.15) is 10.2 Å². The van der Waals surface area contributed by atoms with Crippen LogP contribution in [-0.2, 0) is 19.1 Å². The molecule has 140 valence electrons. The summed E-state index contributed by atoms with van der Waals surface area (Å²) in [5, 5.41) is 21.2. The number of hydrogen-bond donors (Lipinski definition) is 0. The molecule has 0 aromatic carbocycles. The molecule has 0 aliphatic heterocycles. The number of aryl methyl sites for hydroxylation is 2. The molecule has 0 unspecified atom stereocenters. The van der Waals surface area contributed by atoms with Crippen molar-refractivity contribution in [1.82, 2.24) is 39.7 Å². The molecule has 4 aromatic heterocycles. The van der Waals surface area contributed by atoms with E-state index in [1.54, 1.807) is 27.8 Å². The molecule has 0 bridgehead atoms. The molecule has 10 heteroatoms. The smallest absolute Gasteiger partial charge is 0.238 e. The van der Waals surface area contributed by atoms with Gasteiger partial charge in [0, 0.05) is 18.7 Å². The fraction of sp³-hybridized carbons (Fsp3) is 0.412. The summed E-state index contributed by atoms with van der Waals surface area (Å²) >= 11 is 0. The summed E-state index contributed by atoms with van der Waals surface area (Å²) in [4.78, 5) is 4.19. The number of ether oxygens (including phenoxy) is 1. The molecule has 0 amide bonds. The van der Waals surface area contributed by atoms with Crippen LogP contribution in [-0.4, -0.2) is 39.7 Å². The van der Waals surface area contributed by atoms with E-state index in [0.717, 1.165) is 11.1 Å². The van der Waals surface area contributed by atoms with Gasteiger partial charge in [0.1, 0.15) is 12.1 Å². The summed E-state index contributed by atoms with van der Waals surface area (Å²) in [6.07, 6.45) is 3.31. The quantitative estimate of drug-likeness (QED) is 0.539. The first kappa shape index (κ1) is 17.1. The Balaban J connectivity index is 1.82. The third kappa shape index (κ3) is 3.14. The zero-order valence-corrected chi connectivity index (χ0v) is 15.8. The second-order valence-electron chi connectivity index (χ2n) is 7.34. The molecule has 27 heavy (non-hydrogen) atoms. The number of aromatic nitrogens is 8. The molecule has 0 atom stereocenters. The lowest BCUT2D eigenvalue weighted by Gasteiger charge is -2.18. The van der Waals surface area contributed by atoms with Gasteiger partial charge in [-0.3, -0.25) is 4.68 Å². The zero-order valence-electron chi connectivity index (χ0n) is 15.8. The van der Waals surface area contributed by atoms with E-state index in [1.807, 2.05) is 14.0 Å². The highest BCUT2D eigenvalue weighted by atomic mass is 16.5. The van der Waals surface area contributed by atoms with Crippen molar-refractivity contribution in [2.45, 2.75) is 39.7 Å². The molecule has 4 aromatic rings. The number of nitrogens with zero attached hydrogens (tertiary/aromatic N) is 8. The first-order valence-electron chi connectivity index (χ1n) is 8.49. The Hall–Kier alpha value is -3.30. The van der Waals surface area contributed by atoms with Gasteiger partial charge in [-0.25, -0.2) is 9.50 Å². The molecule has 0 aliphatic carbocycles. The Morgan fingerprint density at radius 1 is 1.22 bits per heavy atom. The molecule has 0 aliphatic rings. The predicted molar refractivity (Wildman–Crippen MR) is 95.1 cm³/mol. The van der Waals surface area contributed by atoms with Gasteiger partial charge in [0.05, 0.1) is 11.7 Å². The van der Waals surface area contributed by atoms with Crippen molar-refractivity contribution in [3.05, 3.63) is 35.7 Å². The van der Waals surface area contributed by atoms with Crippen LogP contribution < -0.4 is 4.74 Å². The van der Waals surface area contributed by atoms with E-state index < -0.39 is 0 Å². The lowest BCUT2D eigenvalue weighted by molar-refractivity contribution is 0.275. The minimum absolute atomic E-state index is 0.215. The van der Waals surface area contributed by atoms with Crippen LogP contribution in [0.5, 0.6) is 5.88 Å². The van der Waals surface area contributed by atoms with Gasteiger partial charge in [0.2, 0.25) is 11.7 Å². The van der Waals surface area contributed by atoms with Gasteiger partial charge >= 0.3 is 0 Å². The highest BCUT2D eigenvalue weighted by molar-refractivity contribution is 5.64. The first-order valence-corrected chi connectivity index (χ1v) is 8.49. The Bertz CT molecular complexity index is 1100. The molecule has 0 N–H and O–H groups in total. The third-order valence-electron chi connectivity index (χ3n) is 4.01. The van der Waals surface area contributed by atoms with E-state index in [-0.39, 0.29) is 12.0 Å². The van der Waals surface area contributed by atoms with E-state index >= 15 is 0 Å². The van der Waals surface area contributed by atoms with Crippen LogP contribution in [0.4, 0.5) is 0 Å². The molecular formula is C17H20N8O2. The average molecular weight is 368 g/mol. The van der Waals surface area contributed by atoms with Crippen molar-refractivity contribution in [2.75, 3.05) is 0 Å². The van der Waals surface area contributed by atoms with Crippen LogP contribution >= 0.6 is 0 Å². The van der Waals surface area contributed by atoms with E-state index in [1.165, 1.54) is 0 Å². The van der Waals surface area contributed by atoms with Crippen molar-refractivity contribution >= 4 is 5.52 Å². The summed E-state index contributed by atoms with van der Waals surface area (Å²) < 4.78 is 14.5. The van der Waals surface area contributed by atoms with Gasteiger partial charge in [-0.15, -0.1) is 10.2 Å². The van der Waals surface area contributed by atoms with Gasteiger partial charge < -0.3 is 9.26 Å². The maximum Gasteiger partial charge on any atom is 0.238 e. The highest BCUT2D eigenvalue weighted by Crippen LogP contribution is 2.35. The van der Waals surface area contributed by atoms with Crippen molar-refractivity contribution in [3.63, 3.8) is 0 Å². The minimum atomic E-state index is -0.228. The SMILES string of the molecule is Cc1cc(-c2nncc3c(C(C)(C)C)c(OCc4ncn(C)n4)nn23)no1. The number of hydrogen-bond acceptors (Lipinski definition) is 8. The average Bonchev–Trinajstić information content (AvgIpc) is 3.29. The zero-order chi connectivity index (χ0) is 19.2. The lowest BCUT2D eigenvalue weighted by Crippen LogP contribution is -2.13. The molecule has 4 heterocycles. The van der Waals surface area contributed by atoms with Crippen LogP contribution in [0, 0.1) is 6.92 Å². The Morgan fingerprint density at radius 2 is 2.04 bits per heavy atom. The topological polar surface area (TPSA) is 109 Å². The summed E-state index contributed by atoms with van der Waals surface area (Å²) in [5.41, 5.74) is 2.06. The van der Waals surface area contributed by atoms with Gasteiger partial charge in [0.15, 0.2) is 18.1 Å². The standard InChI is InChI=1S/C17H20N8O2/c1-10-6-11(23-27-10)15-20-19-7-12-14(17(2,3)4)16(22-25(12)15)26-8-13-18-9-24(5)21-13/h6-7,9H,8H2,1-5H3. The molecule has 0 saturated carbocycles. The van der Waals surface area contributed by atoms with Crippen LogP contribution in [0.15, 0.2) is 23.1 Å². The molecule has 0 fully saturated rings. The maximum atomic E-state index is 5.97. The number of fused-ring (bicyclic) bond motifs is 1. The summed E-state index contributed by atoms with van der Waals surface area (Å²) in [7, 11) is 1.81. The van der Waals surface area contributed by atoms with E-state index in [4.69, 9.17) is 9.26 Å². The van der Waals surface area contributed by atoms with Gasteiger partial charge in [0.25, 0.3) is 0 Å². The normalized spacial score (nSPS) is 12.0. The third-order valence-corrected chi connectivity index (χ3v) is 4.01. The molecule has 4 rings (SSSR count). The second-order valence-corrected chi connectivity index (χ2v) is 7.34. The Kier molecular flexibility index (Phi) is 3.90. The van der Waals surface area contributed by atoms with E-state index in [9.17, 15) is 0 Å².